The minimum atomic E-state index is -0.887. The van der Waals surface area contributed by atoms with Gasteiger partial charge in [0.1, 0.15) is 5.75 Å². The summed E-state index contributed by atoms with van der Waals surface area (Å²) in [6.45, 7) is 6.39. The maximum Gasteiger partial charge on any atom is 0.199 e. The average molecular weight is 699 g/mol. The lowest BCUT2D eigenvalue weighted by Crippen LogP contribution is -2.55. The minimum absolute atomic E-state index is 0. The summed E-state index contributed by atoms with van der Waals surface area (Å²) in [4.78, 5) is 0. The molecule has 0 aromatic heterocycles. The van der Waals surface area contributed by atoms with Crippen LogP contribution in [-0.2, 0) is 14.2 Å². The zero-order chi connectivity index (χ0) is 28.3. The first-order valence-electron chi connectivity index (χ1n) is 16.2. The molecule has 46 heavy (non-hydrogen) atoms. The summed E-state index contributed by atoms with van der Waals surface area (Å²) in [7, 11) is 0. The summed E-state index contributed by atoms with van der Waals surface area (Å²) in [6, 6.07) is 8.62. The van der Waals surface area contributed by atoms with Gasteiger partial charge in [-0.15, -0.1) is 0 Å². The molecule has 5 fully saturated rings. The van der Waals surface area contributed by atoms with Gasteiger partial charge in [0.25, 0.3) is 0 Å². The quantitative estimate of drug-likeness (QED) is 0.302. The highest BCUT2D eigenvalue weighted by molar-refractivity contribution is 7.59. The molecule has 1 aromatic carbocycles. The Kier molecular flexibility index (Phi) is 14.4. The van der Waals surface area contributed by atoms with Crippen molar-refractivity contribution in [2.24, 2.45) is 17.3 Å². The van der Waals surface area contributed by atoms with Crippen LogP contribution in [0.4, 0.5) is 0 Å². The predicted molar refractivity (Wildman–Crippen MR) is 201 cm³/mol. The Hall–Kier alpha value is -0.650. The lowest BCUT2D eigenvalue weighted by atomic mass is 9.49. The van der Waals surface area contributed by atoms with Gasteiger partial charge in [0, 0.05) is 30.6 Å². The summed E-state index contributed by atoms with van der Waals surface area (Å²) in [5.41, 5.74) is 2.16. The molecule has 1 aromatic rings. The zero-order valence-electron chi connectivity index (χ0n) is 26.4. The van der Waals surface area contributed by atoms with E-state index in [4.69, 9.17) is 18.9 Å². The third-order valence-corrected chi connectivity index (χ3v) is 11.9. The van der Waals surface area contributed by atoms with Crippen molar-refractivity contribution in [3.8, 4) is 5.75 Å². The fourth-order valence-corrected chi connectivity index (χ4v) is 9.79. The van der Waals surface area contributed by atoms with Crippen LogP contribution in [0.5, 0.6) is 5.75 Å². The van der Waals surface area contributed by atoms with E-state index in [1.54, 1.807) is 0 Å². The summed E-state index contributed by atoms with van der Waals surface area (Å²) < 4.78 is 24.2. The summed E-state index contributed by atoms with van der Waals surface area (Å²) >= 11 is 0. The van der Waals surface area contributed by atoms with Crippen molar-refractivity contribution in [2.45, 2.75) is 135 Å². The largest absolute Gasteiger partial charge is 0.465 e. The van der Waals surface area contributed by atoms with Gasteiger partial charge < -0.3 is 29.2 Å². The van der Waals surface area contributed by atoms with Gasteiger partial charge in [0.15, 0.2) is 12.1 Å². The Morgan fingerprint density at radius 2 is 1.63 bits per heavy atom. The molecular formula is C37H62O6S3. The van der Waals surface area contributed by atoms with Crippen LogP contribution in [0, 0.1) is 17.3 Å². The van der Waals surface area contributed by atoms with Crippen LogP contribution in [0.1, 0.15) is 117 Å². The zero-order valence-corrected chi connectivity index (χ0v) is 29.4. The molecule has 3 saturated carbocycles. The molecule has 1 spiro atoms. The number of benzene rings is 1. The highest BCUT2D eigenvalue weighted by atomic mass is 32.1. The Morgan fingerprint density at radius 1 is 0.913 bits per heavy atom. The molecule has 4 aliphatic carbocycles. The topological polar surface area (TPSA) is 77.4 Å². The van der Waals surface area contributed by atoms with Crippen LogP contribution in [-0.4, -0.2) is 53.3 Å². The molecule has 2 aliphatic heterocycles. The monoisotopic (exact) mass is 698 g/mol. The average Bonchev–Trinajstić information content (AvgIpc) is 3.53. The molecule has 2 saturated heterocycles. The fourth-order valence-electron chi connectivity index (χ4n) is 9.79. The maximum absolute atomic E-state index is 12.3. The number of aliphatic hydroxyl groups is 2. The van der Waals surface area contributed by atoms with Crippen molar-refractivity contribution in [3.63, 3.8) is 0 Å². The van der Waals surface area contributed by atoms with E-state index in [2.05, 4.69) is 43.3 Å². The molecule has 6 aliphatic rings. The molecule has 1 unspecified atom stereocenters. The van der Waals surface area contributed by atoms with Crippen LogP contribution in [0.15, 0.2) is 47.6 Å². The third-order valence-electron chi connectivity index (χ3n) is 11.9. The van der Waals surface area contributed by atoms with Gasteiger partial charge in [-0.3, -0.25) is 0 Å². The van der Waals surface area contributed by atoms with E-state index in [1.165, 1.54) is 16.7 Å². The van der Waals surface area contributed by atoms with E-state index in [1.807, 2.05) is 6.92 Å². The van der Waals surface area contributed by atoms with Crippen molar-refractivity contribution in [1.82, 2.24) is 0 Å². The highest BCUT2D eigenvalue weighted by Gasteiger charge is 2.64. The van der Waals surface area contributed by atoms with Crippen LogP contribution in [0.25, 0.3) is 0 Å². The Balaban J connectivity index is 0.00000147. The van der Waals surface area contributed by atoms with Gasteiger partial charge in [0.05, 0.1) is 31.0 Å². The lowest BCUT2D eigenvalue weighted by molar-refractivity contribution is -0.208. The molecular weight excluding hydrogens is 637 g/mol. The van der Waals surface area contributed by atoms with Gasteiger partial charge in [-0.25, -0.2) is 0 Å². The molecule has 9 heteroatoms. The van der Waals surface area contributed by atoms with Crippen molar-refractivity contribution in [1.29, 1.82) is 0 Å². The van der Waals surface area contributed by atoms with Gasteiger partial charge in [-0.05, 0) is 99.8 Å². The third kappa shape index (κ3) is 7.01. The SMILES string of the molecule is C.C.C/C=C/C[C@]1(O)CC[C@H]2[C@@H]3CC[C@@]4(O)CC5(CCC4=C3[C@@H](c3ccc(OC4CCCCO4)cc3)C[C@@]21C)OCCO5.S.S.S. The molecule has 2 heterocycles. The first-order chi connectivity index (χ1) is 19.8. The van der Waals surface area contributed by atoms with Crippen LogP contribution >= 0.6 is 40.5 Å². The fraction of sp³-hybridized carbons (Fsp3) is 0.730. The highest BCUT2D eigenvalue weighted by Crippen LogP contribution is 2.68. The molecule has 2 N–H and O–H groups in total. The standard InChI is InChI=1S/C35H48O6.2CH4.3H2S/c1-3-4-15-34(37)17-13-28-26-12-16-33(36)23-35(39-20-21-40-35)18-14-29(33)31(26)27(22-32(28,34)2)24-8-10-25(11-9-24)41-30-7-5-6-19-38-30;;;;;/h3-4,8-11,26-28,30,36-37H,5-7,12-23H2,1-2H3;2*1H4;3*1H2/b4-3+;;;;;/t26-,27+,28-,30?,32-,33+,34-;;;;;/m0...../s1. The summed E-state index contributed by atoms with van der Waals surface area (Å²) in [5.74, 6) is 1.15. The van der Waals surface area contributed by atoms with Crippen molar-refractivity contribution >= 4 is 40.5 Å². The smallest absolute Gasteiger partial charge is 0.199 e. The molecule has 6 nitrogen and oxygen atoms in total. The first-order valence-corrected chi connectivity index (χ1v) is 16.2. The second-order valence-electron chi connectivity index (χ2n) is 14.0. The molecule has 7 rings (SSSR count). The van der Waals surface area contributed by atoms with Crippen LogP contribution in [0.3, 0.4) is 0 Å². The van der Waals surface area contributed by atoms with E-state index >= 15 is 0 Å². The van der Waals surface area contributed by atoms with Gasteiger partial charge in [-0.1, -0.05) is 51.6 Å². The summed E-state index contributed by atoms with van der Waals surface area (Å²) in [6.07, 6.45) is 14.5. The van der Waals surface area contributed by atoms with E-state index in [9.17, 15) is 10.2 Å². The number of allylic oxidation sites excluding steroid dienone is 2. The van der Waals surface area contributed by atoms with Gasteiger partial charge in [0.2, 0.25) is 0 Å². The number of hydrogen-bond donors (Lipinski definition) is 2. The van der Waals surface area contributed by atoms with Gasteiger partial charge in [-0.2, -0.15) is 40.5 Å². The molecule has 0 bridgehead atoms. The van der Waals surface area contributed by atoms with E-state index in [0.29, 0.717) is 37.9 Å². The lowest BCUT2D eigenvalue weighted by Gasteiger charge is -2.57. The van der Waals surface area contributed by atoms with Crippen molar-refractivity contribution in [2.75, 3.05) is 19.8 Å². The summed E-state index contributed by atoms with van der Waals surface area (Å²) in [5, 5.41) is 24.5. The Morgan fingerprint density at radius 3 is 2.28 bits per heavy atom. The van der Waals surface area contributed by atoms with Gasteiger partial charge >= 0.3 is 0 Å². The second kappa shape index (κ2) is 15.9. The molecule has 7 atom stereocenters. The first kappa shape index (κ1) is 41.5. The number of hydrogen-bond acceptors (Lipinski definition) is 6. The van der Waals surface area contributed by atoms with Crippen molar-refractivity contribution < 1.29 is 29.2 Å². The number of ether oxygens (including phenoxy) is 4. The van der Waals surface area contributed by atoms with E-state index in [-0.39, 0.29) is 73.0 Å². The maximum atomic E-state index is 12.3. The van der Waals surface area contributed by atoms with E-state index in [0.717, 1.165) is 76.6 Å². The molecule has 0 amide bonds. The predicted octanol–water partition coefficient (Wildman–Crippen LogP) is 8.17. The van der Waals surface area contributed by atoms with Crippen LogP contribution < -0.4 is 4.74 Å². The normalized spacial score (nSPS) is 37.3. The molecule has 264 valence electrons. The van der Waals surface area contributed by atoms with E-state index < -0.39 is 17.0 Å². The Bertz CT molecular complexity index is 1190. The minimum Gasteiger partial charge on any atom is -0.465 e. The van der Waals surface area contributed by atoms with Crippen molar-refractivity contribution in [3.05, 3.63) is 53.1 Å². The number of rotatable bonds is 5. The molecule has 0 radical (unpaired) electrons. The second-order valence-corrected chi connectivity index (χ2v) is 14.0. The number of fused-ring (bicyclic) bond motifs is 4. The Labute approximate surface area is 299 Å². The van der Waals surface area contributed by atoms with Crippen LogP contribution in [0.2, 0.25) is 0 Å².